The Morgan fingerprint density at radius 2 is 1.79 bits per heavy atom. The van der Waals surface area contributed by atoms with Crippen LogP contribution in [0.2, 0.25) is 0 Å². The number of likely N-dealkylation sites (tertiary alicyclic amines) is 1. The predicted octanol–water partition coefficient (Wildman–Crippen LogP) is 3.04. The largest absolute Gasteiger partial charge is 0.375 e. The van der Waals surface area contributed by atoms with Crippen LogP contribution in [-0.4, -0.2) is 47.8 Å². The highest BCUT2D eigenvalue weighted by Gasteiger charge is 2.26. The Bertz CT molecular complexity index is 706. The molecule has 0 saturated carbocycles. The Morgan fingerprint density at radius 1 is 1.17 bits per heavy atom. The van der Waals surface area contributed by atoms with Crippen LogP contribution in [0.25, 0.3) is 0 Å². The molecule has 3 rings (SSSR count). The highest BCUT2D eigenvalue weighted by Crippen LogP contribution is 2.26. The maximum absolute atomic E-state index is 12.9. The Kier molecular flexibility index (Phi) is 4.60. The van der Waals surface area contributed by atoms with Crippen LogP contribution in [0.1, 0.15) is 40.4 Å². The highest BCUT2D eigenvalue weighted by atomic mass is 16.2. The Morgan fingerprint density at radius 3 is 2.33 bits per heavy atom. The van der Waals surface area contributed by atoms with Crippen molar-refractivity contribution in [3.8, 4) is 0 Å². The van der Waals surface area contributed by atoms with Crippen LogP contribution in [0.15, 0.2) is 30.6 Å². The minimum absolute atomic E-state index is 0.165. The summed E-state index contributed by atoms with van der Waals surface area (Å²) in [5.74, 6) is 0.165. The lowest BCUT2D eigenvalue weighted by atomic mass is 9.99. The van der Waals surface area contributed by atoms with Gasteiger partial charge in [-0.25, -0.2) is 0 Å². The summed E-state index contributed by atoms with van der Waals surface area (Å²) in [6, 6.07) is 6.41. The number of hydrogen-bond acceptors (Lipinski definition) is 3. The van der Waals surface area contributed by atoms with Crippen molar-refractivity contribution in [1.82, 2.24) is 14.7 Å². The van der Waals surface area contributed by atoms with E-state index in [1.54, 1.807) is 0 Å². The number of carbonyl (C=O) groups excluding carboxylic acids is 1. The maximum atomic E-state index is 12.9. The number of anilines is 1. The van der Waals surface area contributed by atoms with E-state index in [2.05, 4.69) is 20.9 Å². The van der Waals surface area contributed by atoms with Gasteiger partial charge in [-0.2, -0.15) is 5.10 Å². The van der Waals surface area contributed by atoms with Crippen LogP contribution in [0.3, 0.4) is 0 Å². The number of rotatable bonds is 3. The van der Waals surface area contributed by atoms with Crippen LogP contribution in [-0.2, 0) is 0 Å². The molecule has 1 fully saturated rings. The van der Waals surface area contributed by atoms with Crippen LogP contribution >= 0.6 is 0 Å². The number of carbonyl (C=O) groups is 1. The fourth-order valence-electron chi connectivity index (χ4n) is 3.40. The van der Waals surface area contributed by atoms with Gasteiger partial charge in [0.15, 0.2) is 0 Å². The molecule has 2 aromatic rings. The van der Waals surface area contributed by atoms with Crippen LogP contribution < -0.4 is 4.90 Å². The number of amides is 1. The zero-order valence-electron chi connectivity index (χ0n) is 15.0. The summed E-state index contributed by atoms with van der Waals surface area (Å²) in [6.45, 7) is 5.60. The van der Waals surface area contributed by atoms with Crippen molar-refractivity contribution in [3.05, 3.63) is 47.3 Å². The number of nitrogens with zero attached hydrogens (tertiary/aromatic N) is 4. The maximum Gasteiger partial charge on any atom is 0.254 e. The third kappa shape index (κ3) is 3.16. The van der Waals surface area contributed by atoms with Crippen molar-refractivity contribution in [3.63, 3.8) is 0 Å². The molecule has 1 amide bonds. The lowest BCUT2D eigenvalue weighted by molar-refractivity contribution is 0.0688. The molecule has 1 aromatic carbocycles. The summed E-state index contributed by atoms with van der Waals surface area (Å²) in [5, 5.41) is 4.49. The van der Waals surface area contributed by atoms with E-state index in [1.807, 2.05) is 57.2 Å². The second-order valence-electron chi connectivity index (χ2n) is 6.86. The summed E-state index contributed by atoms with van der Waals surface area (Å²) in [4.78, 5) is 16.9. The first-order chi connectivity index (χ1) is 11.5. The van der Waals surface area contributed by atoms with Gasteiger partial charge in [0.2, 0.25) is 0 Å². The topological polar surface area (TPSA) is 41.4 Å². The molecule has 0 bridgehead atoms. The number of benzene rings is 1. The van der Waals surface area contributed by atoms with E-state index in [0.29, 0.717) is 6.04 Å². The number of aromatic nitrogens is 2. The van der Waals surface area contributed by atoms with Gasteiger partial charge in [-0.1, -0.05) is 18.2 Å². The normalized spacial score (nSPS) is 15.6. The number of hydrogen-bond donors (Lipinski definition) is 0. The van der Waals surface area contributed by atoms with E-state index in [0.717, 1.165) is 48.3 Å². The number of aryl methyl sites for hydroxylation is 2. The molecule has 5 nitrogen and oxygen atoms in total. The molecule has 1 saturated heterocycles. The molecular formula is C19H26N4O. The molecule has 5 heteroatoms. The smallest absolute Gasteiger partial charge is 0.254 e. The van der Waals surface area contributed by atoms with E-state index in [4.69, 9.17) is 0 Å². The van der Waals surface area contributed by atoms with Gasteiger partial charge in [-0.05, 0) is 37.8 Å². The first-order valence-corrected chi connectivity index (χ1v) is 8.54. The van der Waals surface area contributed by atoms with Crippen molar-refractivity contribution in [1.29, 1.82) is 0 Å². The van der Waals surface area contributed by atoms with Crippen molar-refractivity contribution < 1.29 is 4.79 Å². The quantitative estimate of drug-likeness (QED) is 0.870. The summed E-state index contributed by atoms with van der Waals surface area (Å²) < 4.78 is 2.05. The summed E-state index contributed by atoms with van der Waals surface area (Å²) >= 11 is 0. The first-order valence-electron chi connectivity index (χ1n) is 8.54. The molecule has 1 aliphatic rings. The number of piperidine rings is 1. The predicted molar refractivity (Wildman–Crippen MR) is 96.6 cm³/mol. The second kappa shape index (κ2) is 6.67. The molecule has 128 valence electrons. The minimum atomic E-state index is 0.165. The summed E-state index contributed by atoms with van der Waals surface area (Å²) in [5.41, 5.74) is 4.10. The van der Waals surface area contributed by atoms with Crippen molar-refractivity contribution in [2.75, 3.05) is 32.1 Å². The monoisotopic (exact) mass is 326 g/mol. The third-order valence-corrected chi connectivity index (χ3v) is 4.93. The van der Waals surface area contributed by atoms with Gasteiger partial charge in [0.05, 0.1) is 17.9 Å². The zero-order valence-corrected chi connectivity index (χ0v) is 15.0. The Balaban J connectivity index is 1.67. The van der Waals surface area contributed by atoms with Crippen molar-refractivity contribution in [2.45, 2.75) is 32.7 Å². The van der Waals surface area contributed by atoms with Gasteiger partial charge in [0.1, 0.15) is 0 Å². The zero-order chi connectivity index (χ0) is 17.3. The van der Waals surface area contributed by atoms with Gasteiger partial charge in [-0.3, -0.25) is 9.48 Å². The minimum Gasteiger partial charge on any atom is -0.375 e. The van der Waals surface area contributed by atoms with Gasteiger partial charge >= 0.3 is 0 Å². The van der Waals surface area contributed by atoms with Gasteiger partial charge in [-0.15, -0.1) is 0 Å². The van der Waals surface area contributed by atoms with Crippen LogP contribution in [0.4, 0.5) is 5.69 Å². The lowest BCUT2D eigenvalue weighted by Crippen LogP contribution is -2.39. The van der Waals surface area contributed by atoms with E-state index in [-0.39, 0.29) is 5.91 Å². The standard InChI is InChI=1S/C19H26N4O/c1-14-6-5-7-15(2)18(14)19(24)22-10-8-16(9-11-22)23-13-17(12-20-23)21(3)4/h5-7,12-13,16H,8-11H2,1-4H3. The average molecular weight is 326 g/mol. The Labute approximate surface area is 143 Å². The third-order valence-electron chi connectivity index (χ3n) is 4.93. The van der Waals surface area contributed by atoms with E-state index >= 15 is 0 Å². The van der Waals surface area contributed by atoms with Crippen molar-refractivity contribution in [2.24, 2.45) is 0 Å². The fraction of sp³-hybridized carbons (Fsp3) is 0.474. The second-order valence-corrected chi connectivity index (χ2v) is 6.86. The summed E-state index contributed by atoms with van der Waals surface area (Å²) in [6.07, 6.45) is 5.89. The highest BCUT2D eigenvalue weighted by molar-refractivity contribution is 5.97. The van der Waals surface area contributed by atoms with Crippen LogP contribution in [0, 0.1) is 13.8 Å². The van der Waals surface area contributed by atoms with E-state index < -0.39 is 0 Å². The fourth-order valence-corrected chi connectivity index (χ4v) is 3.40. The molecule has 2 heterocycles. The molecular weight excluding hydrogens is 300 g/mol. The van der Waals surface area contributed by atoms with E-state index in [9.17, 15) is 4.79 Å². The molecule has 1 aliphatic heterocycles. The molecule has 1 aromatic heterocycles. The average Bonchev–Trinajstić information content (AvgIpc) is 3.05. The van der Waals surface area contributed by atoms with Gasteiger partial charge in [0, 0.05) is 38.9 Å². The van der Waals surface area contributed by atoms with Crippen LogP contribution in [0.5, 0.6) is 0 Å². The van der Waals surface area contributed by atoms with Crippen molar-refractivity contribution >= 4 is 11.6 Å². The molecule has 0 unspecified atom stereocenters. The molecule has 0 atom stereocenters. The SMILES string of the molecule is Cc1cccc(C)c1C(=O)N1CCC(n2cc(N(C)C)cn2)CC1. The summed E-state index contributed by atoms with van der Waals surface area (Å²) in [7, 11) is 4.04. The van der Waals surface area contributed by atoms with Gasteiger partial charge < -0.3 is 9.80 Å². The molecule has 0 radical (unpaired) electrons. The molecule has 0 aliphatic carbocycles. The molecule has 0 spiro atoms. The van der Waals surface area contributed by atoms with Gasteiger partial charge in [0.25, 0.3) is 5.91 Å². The molecule has 0 N–H and O–H groups in total. The van der Waals surface area contributed by atoms with E-state index in [1.165, 1.54) is 0 Å². The molecule has 24 heavy (non-hydrogen) atoms. The first kappa shape index (κ1) is 16.6. The lowest BCUT2D eigenvalue weighted by Gasteiger charge is -2.32. The Hall–Kier alpha value is -2.30.